The van der Waals surface area contributed by atoms with Gasteiger partial charge in [-0.1, -0.05) is 44.2 Å². The topological polar surface area (TPSA) is 73.8 Å². The van der Waals surface area contributed by atoms with E-state index in [1.54, 1.807) is 6.07 Å². The number of rotatable bonds is 10. The minimum Gasteiger partial charge on any atom is -0.357 e. The normalized spacial score (nSPS) is 11.9. The first-order valence-electron chi connectivity index (χ1n) is 9.66. The van der Waals surface area contributed by atoms with Crippen molar-refractivity contribution in [3.05, 3.63) is 52.9 Å². The lowest BCUT2D eigenvalue weighted by Crippen LogP contribution is -2.38. The third-order valence-electron chi connectivity index (χ3n) is 4.21. The van der Waals surface area contributed by atoms with Crippen LogP contribution in [0.1, 0.15) is 31.2 Å². The van der Waals surface area contributed by atoms with Crippen LogP contribution in [0.2, 0.25) is 0 Å². The van der Waals surface area contributed by atoms with Crippen molar-refractivity contribution in [3.63, 3.8) is 0 Å². The van der Waals surface area contributed by atoms with Gasteiger partial charge in [-0.25, -0.2) is 13.4 Å². The van der Waals surface area contributed by atoms with E-state index in [9.17, 15) is 8.42 Å². The van der Waals surface area contributed by atoms with Crippen LogP contribution in [0.4, 0.5) is 0 Å². The number of guanidine groups is 1. The smallest absolute Gasteiger partial charge is 0.252 e. The minimum absolute atomic E-state index is 0. The molecule has 162 valence electrons. The maximum absolute atomic E-state index is 12.6. The van der Waals surface area contributed by atoms with Gasteiger partial charge in [-0.05, 0) is 31.0 Å². The van der Waals surface area contributed by atoms with Gasteiger partial charge in [-0.3, -0.25) is 0 Å². The zero-order valence-electron chi connectivity index (χ0n) is 17.2. The molecule has 1 aromatic heterocycles. The molecular weight excluding hydrogens is 519 g/mol. The molecule has 0 atom stereocenters. The van der Waals surface area contributed by atoms with E-state index in [2.05, 4.69) is 27.8 Å². The van der Waals surface area contributed by atoms with Gasteiger partial charge >= 0.3 is 0 Å². The van der Waals surface area contributed by atoms with Crippen LogP contribution >= 0.6 is 35.3 Å². The molecule has 0 amide bonds. The molecule has 9 heteroatoms. The second kappa shape index (κ2) is 13.2. The number of thiophene rings is 1. The number of nitrogens with zero attached hydrogens (tertiary/aromatic N) is 2. The van der Waals surface area contributed by atoms with Gasteiger partial charge in [-0.2, -0.15) is 4.31 Å². The molecule has 0 unspecified atom stereocenters. The summed E-state index contributed by atoms with van der Waals surface area (Å²) in [5.41, 5.74) is 1.16. The van der Waals surface area contributed by atoms with E-state index >= 15 is 0 Å². The molecule has 2 aromatic rings. The lowest BCUT2D eigenvalue weighted by Gasteiger charge is -2.16. The van der Waals surface area contributed by atoms with E-state index in [0.29, 0.717) is 30.4 Å². The summed E-state index contributed by atoms with van der Waals surface area (Å²) in [5, 5.41) is 6.56. The van der Waals surface area contributed by atoms with Gasteiger partial charge in [0.15, 0.2) is 5.96 Å². The highest BCUT2D eigenvalue weighted by atomic mass is 127. The van der Waals surface area contributed by atoms with Gasteiger partial charge in [0.2, 0.25) is 0 Å². The predicted octanol–water partition coefficient (Wildman–Crippen LogP) is 3.69. The molecule has 0 radical (unpaired) electrons. The molecule has 1 heterocycles. The second-order valence-corrected chi connectivity index (χ2v) is 9.50. The molecule has 0 spiro atoms. The minimum atomic E-state index is -3.37. The van der Waals surface area contributed by atoms with Gasteiger partial charge in [-0.15, -0.1) is 35.3 Å². The van der Waals surface area contributed by atoms with Gasteiger partial charge < -0.3 is 10.6 Å². The standard InChI is InChI=1S/C20H30N4O2S2.HI/c1-4-21-20(23-16-17-10-8-7-9-11-17)22-15-14-18-12-13-19(27-18)28(25,26)24(5-2)6-3;/h7-13H,4-6,14-16H2,1-3H3,(H2,21,22,23);1H. The van der Waals surface area contributed by atoms with Crippen LogP contribution in [0.25, 0.3) is 0 Å². The van der Waals surface area contributed by atoms with Crippen LogP contribution in [0.5, 0.6) is 0 Å². The van der Waals surface area contributed by atoms with Crippen molar-refractivity contribution < 1.29 is 8.42 Å². The molecular formula is C20H31IN4O2S2. The van der Waals surface area contributed by atoms with Crippen molar-refractivity contribution in [1.82, 2.24) is 14.9 Å². The Labute approximate surface area is 195 Å². The van der Waals surface area contributed by atoms with Crippen molar-refractivity contribution in [2.24, 2.45) is 4.99 Å². The third kappa shape index (κ3) is 7.88. The second-order valence-electron chi connectivity index (χ2n) is 6.17. The van der Waals surface area contributed by atoms with E-state index in [0.717, 1.165) is 29.4 Å². The summed E-state index contributed by atoms with van der Waals surface area (Å²) in [6.07, 6.45) is 0.744. The SMILES string of the molecule is CCNC(=NCc1ccccc1)NCCc1ccc(S(=O)(=O)N(CC)CC)s1.I. The van der Waals surface area contributed by atoms with Crippen molar-refractivity contribution in [1.29, 1.82) is 0 Å². The summed E-state index contributed by atoms with van der Waals surface area (Å²) in [6, 6.07) is 13.7. The van der Waals surface area contributed by atoms with Crippen LogP contribution < -0.4 is 10.6 Å². The molecule has 29 heavy (non-hydrogen) atoms. The highest BCUT2D eigenvalue weighted by Crippen LogP contribution is 2.25. The molecule has 0 aliphatic rings. The van der Waals surface area contributed by atoms with Gasteiger partial charge in [0.05, 0.1) is 6.54 Å². The summed E-state index contributed by atoms with van der Waals surface area (Å²) in [5.74, 6) is 0.763. The average Bonchev–Trinajstić information content (AvgIpc) is 3.17. The molecule has 1 aromatic carbocycles. The van der Waals surface area contributed by atoms with Crippen molar-refractivity contribution >= 4 is 51.3 Å². The van der Waals surface area contributed by atoms with Crippen LogP contribution in [0.15, 0.2) is 51.7 Å². The Morgan fingerprint density at radius 3 is 2.34 bits per heavy atom. The molecule has 0 aliphatic heterocycles. The summed E-state index contributed by atoms with van der Waals surface area (Å²) in [6.45, 7) is 8.80. The zero-order chi connectivity index (χ0) is 20.4. The number of aliphatic imine (C=N–C) groups is 1. The highest BCUT2D eigenvalue weighted by Gasteiger charge is 2.23. The Morgan fingerprint density at radius 2 is 1.72 bits per heavy atom. The zero-order valence-corrected chi connectivity index (χ0v) is 21.2. The van der Waals surface area contributed by atoms with Gasteiger partial charge in [0, 0.05) is 31.1 Å². The van der Waals surface area contributed by atoms with E-state index in [1.165, 1.54) is 15.6 Å². The Bertz CT molecular complexity index is 850. The van der Waals surface area contributed by atoms with Gasteiger partial charge in [0.1, 0.15) is 4.21 Å². The number of nitrogens with one attached hydrogen (secondary N) is 2. The Balaban J connectivity index is 0.00000420. The summed E-state index contributed by atoms with van der Waals surface area (Å²) in [4.78, 5) is 5.64. The summed E-state index contributed by atoms with van der Waals surface area (Å²) < 4.78 is 27.1. The molecule has 2 N–H and O–H groups in total. The summed E-state index contributed by atoms with van der Waals surface area (Å²) in [7, 11) is -3.37. The van der Waals surface area contributed by atoms with E-state index in [4.69, 9.17) is 0 Å². The van der Waals surface area contributed by atoms with Crippen molar-refractivity contribution in [2.45, 2.75) is 37.9 Å². The first-order valence-corrected chi connectivity index (χ1v) is 11.9. The number of hydrogen-bond acceptors (Lipinski definition) is 4. The summed E-state index contributed by atoms with van der Waals surface area (Å²) >= 11 is 1.34. The average molecular weight is 551 g/mol. The Hall–Kier alpha value is -1.17. The first-order chi connectivity index (χ1) is 13.5. The third-order valence-corrected chi connectivity index (χ3v) is 7.87. The van der Waals surface area contributed by atoms with Crippen molar-refractivity contribution in [3.8, 4) is 0 Å². The van der Waals surface area contributed by atoms with E-state index in [-0.39, 0.29) is 24.0 Å². The Morgan fingerprint density at radius 1 is 1.03 bits per heavy atom. The number of benzene rings is 1. The lowest BCUT2D eigenvalue weighted by molar-refractivity contribution is 0.447. The molecule has 0 fully saturated rings. The quantitative estimate of drug-likeness (QED) is 0.269. The number of halogens is 1. The predicted molar refractivity (Wildman–Crippen MR) is 133 cm³/mol. The fraction of sp³-hybridized carbons (Fsp3) is 0.450. The van der Waals surface area contributed by atoms with E-state index < -0.39 is 10.0 Å². The van der Waals surface area contributed by atoms with Gasteiger partial charge in [0.25, 0.3) is 10.0 Å². The highest BCUT2D eigenvalue weighted by molar-refractivity contribution is 14.0. The number of hydrogen-bond donors (Lipinski definition) is 2. The van der Waals surface area contributed by atoms with Crippen molar-refractivity contribution in [2.75, 3.05) is 26.2 Å². The lowest BCUT2D eigenvalue weighted by atomic mass is 10.2. The maximum Gasteiger partial charge on any atom is 0.252 e. The van der Waals surface area contributed by atoms with Crippen LogP contribution in [0.3, 0.4) is 0 Å². The largest absolute Gasteiger partial charge is 0.357 e. The van der Waals surface area contributed by atoms with Crippen LogP contribution in [-0.2, 0) is 23.0 Å². The molecule has 0 bridgehead atoms. The fourth-order valence-corrected chi connectivity index (χ4v) is 5.69. The molecule has 0 saturated carbocycles. The van der Waals surface area contributed by atoms with Crippen LogP contribution in [0, 0.1) is 0 Å². The monoisotopic (exact) mass is 550 g/mol. The van der Waals surface area contributed by atoms with E-state index in [1.807, 2.05) is 45.0 Å². The Kier molecular flexibility index (Phi) is 11.8. The molecule has 0 aliphatic carbocycles. The molecule has 6 nitrogen and oxygen atoms in total. The molecule has 0 saturated heterocycles. The van der Waals surface area contributed by atoms with Crippen LogP contribution in [-0.4, -0.2) is 44.9 Å². The molecule has 2 rings (SSSR count). The first kappa shape index (κ1) is 25.9. The maximum atomic E-state index is 12.6. The fourth-order valence-electron chi connectivity index (χ4n) is 2.72. The number of sulfonamides is 1.